The number of ether oxygens (including phenoxy) is 1. The molecule has 2 aromatic carbocycles. The van der Waals surface area contributed by atoms with Gasteiger partial charge >= 0.3 is 6.18 Å². The van der Waals surface area contributed by atoms with Gasteiger partial charge in [-0.3, -0.25) is 0 Å². The fourth-order valence-electron chi connectivity index (χ4n) is 3.27. The Kier molecular flexibility index (Phi) is 3.99. The van der Waals surface area contributed by atoms with Crippen molar-refractivity contribution in [2.24, 2.45) is 0 Å². The number of alkyl halides is 3. The maximum atomic E-state index is 13.0. The zero-order valence-corrected chi connectivity index (χ0v) is 14.5. The molecule has 0 aliphatic heterocycles. The molecule has 1 heterocycles. The third-order valence-corrected chi connectivity index (χ3v) is 5.80. The highest BCUT2D eigenvalue weighted by Gasteiger charge is 2.32. The molecule has 0 atom stereocenters. The number of thiophene rings is 1. The molecule has 0 unspecified atom stereocenters. The molecular formula is C20H17F3OS. The van der Waals surface area contributed by atoms with Gasteiger partial charge in [-0.15, -0.1) is 11.3 Å². The first-order valence-corrected chi connectivity index (χ1v) is 9.03. The SMILES string of the molecule is COc1ccc2sc(Cc3cccc(C(F)(F)F)c3)c(C3CC3)c2c1. The molecule has 0 amide bonds. The van der Waals surface area contributed by atoms with Crippen molar-refractivity contribution in [2.45, 2.75) is 31.4 Å². The lowest BCUT2D eigenvalue weighted by atomic mass is 10.0. The van der Waals surface area contributed by atoms with E-state index in [2.05, 4.69) is 6.07 Å². The van der Waals surface area contributed by atoms with Gasteiger partial charge in [0.05, 0.1) is 12.7 Å². The van der Waals surface area contributed by atoms with Gasteiger partial charge in [-0.25, -0.2) is 0 Å². The third kappa shape index (κ3) is 3.25. The zero-order valence-electron chi connectivity index (χ0n) is 13.7. The van der Waals surface area contributed by atoms with E-state index in [0.29, 0.717) is 17.9 Å². The van der Waals surface area contributed by atoms with Crippen molar-refractivity contribution in [2.75, 3.05) is 7.11 Å². The molecule has 3 aromatic rings. The monoisotopic (exact) mass is 362 g/mol. The molecule has 0 spiro atoms. The Labute approximate surface area is 148 Å². The Balaban J connectivity index is 1.76. The molecule has 1 fully saturated rings. The van der Waals surface area contributed by atoms with Crippen molar-refractivity contribution in [3.63, 3.8) is 0 Å². The lowest BCUT2D eigenvalue weighted by molar-refractivity contribution is -0.137. The van der Waals surface area contributed by atoms with Gasteiger partial charge in [-0.2, -0.15) is 13.2 Å². The molecule has 0 saturated heterocycles. The zero-order chi connectivity index (χ0) is 17.6. The largest absolute Gasteiger partial charge is 0.497 e. The first-order valence-electron chi connectivity index (χ1n) is 8.21. The van der Waals surface area contributed by atoms with E-state index in [-0.39, 0.29) is 0 Å². The summed E-state index contributed by atoms with van der Waals surface area (Å²) in [7, 11) is 1.65. The average molecular weight is 362 g/mol. The summed E-state index contributed by atoms with van der Waals surface area (Å²) < 4.78 is 45.4. The lowest BCUT2D eigenvalue weighted by Gasteiger charge is -2.09. The number of hydrogen-bond acceptors (Lipinski definition) is 2. The smallest absolute Gasteiger partial charge is 0.416 e. The minimum absolute atomic E-state index is 0.529. The van der Waals surface area contributed by atoms with Crippen molar-refractivity contribution in [3.05, 3.63) is 64.0 Å². The molecule has 1 aliphatic rings. The van der Waals surface area contributed by atoms with Crippen molar-refractivity contribution in [1.29, 1.82) is 0 Å². The van der Waals surface area contributed by atoms with E-state index in [1.807, 2.05) is 12.1 Å². The van der Waals surface area contributed by atoms with Crippen molar-refractivity contribution < 1.29 is 17.9 Å². The molecule has 0 bridgehead atoms. The highest BCUT2D eigenvalue weighted by atomic mass is 32.1. The summed E-state index contributed by atoms with van der Waals surface area (Å²) in [4.78, 5) is 1.17. The van der Waals surface area contributed by atoms with Gasteiger partial charge < -0.3 is 4.74 Å². The van der Waals surface area contributed by atoms with Gasteiger partial charge in [0.2, 0.25) is 0 Å². The Bertz CT molecular complexity index is 922. The first kappa shape index (κ1) is 16.5. The number of halogens is 3. The molecule has 0 radical (unpaired) electrons. The molecule has 0 N–H and O–H groups in total. The van der Waals surface area contributed by atoms with Crippen LogP contribution < -0.4 is 4.74 Å². The molecule has 1 aliphatic carbocycles. The number of hydrogen-bond donors (Lipinski definition) is 0. The molecule has 4 rings (SSSR count). The quantitative estimate of drug-likeness (QED) is 0.522. The van der Waals surface area contributed by atoms with Crippen LogP contribution in [0.15, 0.2) is 42.5 Å². The average Bonchev–Trinajstić information content (AvgIpc) is 3.35. The number of methoxy groups -OCH3 is 1. The van der Waals surface area contributed by atoms with Crippen LogP contribution in [0.25, 0.3) is 10.1 Å². The molecule has 130 valence electrons. The van der Waals surface area contributed by atoms with Crippen molar-refractivity contribution >= 4 is 21.4 Å². The van der Waals surface area contributed by atoms with E-state index in [0.717, 1.165) is 24.7 Å². The molecule has 5 heteroatoms. The minimum Gasteiger partial charge on any atom is -0.497 e. The maximum absolute atomic E-state index is 13.0. The fourth-order valence-corrected chi connectivity index (χ4v) is 4.57. The van der Waals surface area contributed by atoms with Gasteiger partial charge in [-0.1, -0.05) is 18.2 Å². The predicted molar refractivity (Wildman–Crippen MR) is 94.6 cm³/mol. The number of fused-ring (bicyclic) bond motifs is 1. The summed E-state index contributed by atoms with van der Waals surface area (Å²) in [6, 6.07) is 11.7. The Hall–Kier alpha value is -2.01. The van der Waals surface area contributed by atoms with Gasteiger partial charge in [0.15, 0.2) is 0 Å². The van der Waals surface area contributed by atoms with E-state index in [1.165, 1.54) is 32.7 Å². The lowest BCUT2D eigenvalue weighted by Crippen LogP contribution is -2.05. The Morgan fingerprint density at radius 2 is 1.92 bits per heavy atom. The van der Waals surface area contributed by atoms with Gasteiger partial charge in [0, 0.05) is 16.0 Å². The second-order valence-electron chi connectivity index (χ2n) is 6.45. The summed E-state index contributed by atoms with van der Waals surface area (Å²) >= 11 is 1.68. The van der Waals surface area contributed by atoms with E-state index < -0.39 is 11.7 Å². The molecular weight excluding hydrogens is 345 g/mol. The topological polar surface area (TPSA) is 9.23 Å². The van der Waals surface area contributed by atoms with Gasteiger partial charge in [0.25, 0.3) is 0 Å². The molecule has 25 heavy (non-hydrogen) atoms. The standard InChI is InChI=1S/C20H17F3OS/c1-24-15-7-8-17-16(11-15)19(13-5-6-13)18(25-17)10-12-3-2-4-14(9-12)20(21,22)23/h2-4,7-9,11,13H,5-6,10H2,1H3. The van der Waals surface area contributed by atoms with E-state index in [4.69, 9.17) is 4.74 Å². The molecule has 1 saturated carbocycles. The molecule has 1 nitrogen and oxygen atoms in total. The van der Waals surface area contributed by atoms with Gasteiger partial charge in [-0.05, 0) is 59.5 Å². The highest BCUT2D eigenvalue weighted by molar-refractivity contribution is 7.19. The normalized spacial score (nSPS) is 14.9. The van der Waals surface area contributed by atoms with Crippen LogP contribution >= 0.6 is 11.3 Å². The minimum atomic E-state index is -4.30. The van der Waals surface area contributed by atoms with E-state index >= 15 is 0 Å². The second kappa shape index (κ2) is 6.06. The number of rotatable bonds is 4. The van der Waals surface area contributed by atoms with E-state index in [9.17, 15) is 13.2 Å². The van der Waals surface area contributed by atoms with E-state index in [1.54, 1.807) is 24.5 Å². The fraction of sp³-hybridized carbons (Fsp3) is 0.300. The number of benzene rings is 2. The molecule has 1 aromatic heterocycles. The van der Waals surface area contributed by atoms with Crippen LogP contribution in [0.5, 0.6) is 5.75 Å². The van der Waals surface area contributed by atoms with Crippen LogP contribution in [-0.4, -0.2) is 7.11 Å². The van der Waals surface area contributed by atoms with Crippen LogP contribution in [0.4, 0.5) is 13.2 Å². The summed E-state index contributed by atoms with van der Waals surface area (Å²) in [5.74, 6) is 1.35. The van der Waals surface area contributed by atoms with Crippen LogP contribution in [0.2, 0.25) is 0 Å². The Morgan fingerprint density at radius 3 is 2.60 bits per heavy atom. The highest BCUT2D eigenvalue weighted by Crippen LogP contribution is 2.49. The maximum Gasteiger partial charge on any atom is 0.416 e. The second-order valence-corrected chi connectivity index (χ2v) is 7.59. The van der Waals surface area contributed by atoms with Crippen molar-refractivity contribution in [1.82, 2.24) is 0 Å². The van der Waals surface area contributed by atoms with Crippen LogP contribution in [0.1, 0.15) is 40.3 Å². The van der Waals surface area contributed by atoms with Crippen LogP contribution in [-0.2, 0) is 12.6 Å². The third-order valence-electron chi connectivity index (χ3n) is 4.62. The Morgan fingerprint density at radius 1 is 1.12 bits per heavy atom. The summed E-state index contributed by atoms with van der Waals surface area (Å²) in [6.45, 7) is 0. The van der Waals surface area contributed by atoms with Crippen molar-refractivity contribution in [3.8, 4) is 5.75 Å². The summed E-state index contributed by atoms with van der Waals surface area (Å²) in [5, 5.41) is 1.19. The van der Waals surface area contributed by atoms with Gasteiger partial charge in [0.1, 0.15) is 5.75 Å². The summed E-state index contributed by atoms with van der Waals surface area (Å²) in [6.07, 6.45) is -1.46. The van der Waals surface area contributed by atoms with Crippen LogP contribution in [0.3, 0.4) is 0 Å². The van der Waals surface area contributed by atoms with Crippen LogP contribution in [0, 0.1) is 0 Å². The summed E-state index contributed by atoms with van der Waals surface area (Å²) in [5.41, 5.74) is 1.42. The first-order chi connectivity index (χ1) is 12.0. The predicted octanol–water partition coefficient (Wildman–Crippen LogP) is 6.40.